The molecule has 0 amide bonds. The minimum Gasteiger partial charge on any atom is -0.394 e. The van der Waals surface area contributed by atoms with Gasteiger partial charge in [0.1, 0.15) is 0 Å². The molecule has 1 N–H and O–H groups in total. The molecule has 138 valence electrons. The Balaban J connectivity index is 1.48. The number of aliphatic hydroxyl groups is 1. The summed E-state index contributed by atoms with van der Waals surface area (Å²) in [4.78, 5) is 9.35. The normalized spacial score (nSPS) is 17.9. The second-order valence-corrected chi connectivity index (χ2v) is 6.62. The first-order valence-corrected chi connectivity index (χ1v) is 9.10. The summed E-state index contributed by atoms with van der Waals surface area (Å²) in [5.74, 6) is 1.53. The Labute approximate surface area is 148 Å². The molecule has 1 aliphatic heterocycles. The van der Waals surface area contributed by atoms with Gasteiger partial charge in [-0.25, -0.2) is 0 Å². The Hall–Kier alpha value is -1.77. The molecule has 3 heterocycles. The first-order valence-electron chi connectivity index (χ1n) is 9.10. The Morgan fingerprint density at radius 1 is 1.28 bits per heavy atom. The van der Waals surface area contributed by atoms with Gasteiger partial charge in [-0.2, -0.15) is 10.1 Å². The van der Waals surface area contributed by atoms with E-state index in [0.717, 1.165) is 57.3 Å². The molecule has 0 aliphatic carbocycles. The summed E-state index contributed by atoms with van der Waals surface area (Å²) >= 11 is 0. The van der Waals surface area contributed by atoms with Crippen molar-refractivity contribution in [2.45, 2.75) is 45.8 Å². The monoisotopic (exact) mass is 348 g/mol. The minimum absolute atomic E-state index is 0.118. The number of nitrogens with zero attached hydrogens (tertiary/aromatic N) is 6. The molecular weight excluding hydrogens is 320 g/mol. The topological polar surface area (TPSA) is 83.5 Å². The SMILES string of the molecule is CCCc1noc([C@@H](C)N2CCN(Cc3cnn(CCO)c3)CC2)n1. The summed E-state index contributed by atoms with van der Waals surface area (Å²) in [6, 6.07) is 0.160. The number of aromatic nitrogens is 4. The van der Waals surface area contributed by atoms with Crippen molar-refractivity contribution in [2.24, 2.45) is 0 Å². The second-order valence-electron chi connectivity index (χ2n) is 6.62. The maximum absolute atomic E-state index is 8.96. The van der Waals surface area contributed by atoms with Crippen LogP contribution in [-0.2, 0) is 19.5 Å². The highest BCUT2D eigenvalue weighted by Crippen LogP contribution is 2.21. The van der Waals surface area contributed by atoms with Crippen LogP contribution in [0.25, 0.3) is 0 Å². The van der Waals surface area contributed by atoms with E-state index in [1.807, 2.05) is 12.4 Å². The summed E-state index contributed by atoms with van der Waals surface area (Å²) in [7, 11) is 0. The molecule has 1 saturated heterocycles. The van der Waals surface area contributed by atoms with E-state index in [2.05, 4.69) is 38.9 Å². The molecular formula is C17H28N6O2. The van der Waals surface area contributed by atoms with Crippen molar-refractivity contribution in [1.29, 1.82) is 0 Å². The fourth-order valence-electron chi connectivity index (χ4n) is 3.20. The largest absolute Gasteiger partial charge is 0.394 e. The molecule has 25 heavy (non-hydrogen) atoms. The first kappa shape index (κ1) is 18.0. The van der Waals surface area contributed by atoms with Crippen LogP contribution in [0.3, 0.4) is 0 Å². The molecule has 3 rings (SSSR count). The van der Waals surface area contributed by atoms with Crippen molar-refractivity contribution in [3.8, 4) is 0 Å². The van der Waals surface area contributed by atoms with Gasteiger partial charge in [0.2, 0.25) is 5.89 Å². The van der Waals surface area contributed by atoms with E-state index in [9.17, 15) is 0 Å². The predicted molar refractivity (Wildman–Crippen MR) is 92.9 cm³/mol. The van der Waals surface area contributed by atoms with Crippen LogP contribution in [0.1, 0.15) is 43.6 Å². The third-order valence-corrected chi connectivity index (χ3v) is 4.69. The zero-order chi connectivity index (χ0) is 17.6. The predicted octanol–water partition coefficient (Wildman–Crippen LogP) is 1.09. The van der Waals surface area contributed by atoms with Crippen molar-refractivity contribution < 1.29 is 9.63 Å². The molecule has 8 nitrogen and oxygen atoms in total. The number of hydrogen-bond acceptors (Lipinski definition) is 7. The average Bonchev–Trinajstić information content (AvgIpc) is 3.25. The fourth-order valence-corrected chi connectivity index (χ4v) is 3.20. The number of hydrogen-bond donors (Lipinski definition) is 1. The average molecular weight is 348 g/mol. The van der Waals surface area contributed by atoms with Gasteiger partial charge in [-0.1, -0.05) is 12.1 Å². The van der Waals surface area contributed by atoms with Gasteiger partial charge in [0.25, 0.3) is 0 Å². The third-order valence-electron chi connectivity index (χ3n) is 4.69. The number of aryl methyl sites for hydroxylation is 1. The van der Waals surface area contributed by atoms with Crippen LogP contribution in [0.5, 0.6) is 0 Å². The van der Waals surface area contributed by atoms with Crippen LogP contribution in [0.4, 0.5) is 0 Å². The maximum atomic E-state index is 8.96. The quantitative estimate of drug-likeness (QED) is 0.764. The Morgan fingerprint density at radius 3 is 2.80 bits per heavy atom. The number of aliphatic hydroxyl groups excluding tert-OH is 1. The van der Waals surface area contributed by atoms with Crippen LogP contribution in [0, 0.1) is 0 Å². The second kappa shape index (κ2) is 8.55. The van der Waals surface area contributed by atoms with Gasteiger partial charge in [-0.05, 0) is 13.3 Å². The molecule has 0 spiro atoms. The van der Waals surface area contributed by atoms with Gasteiger partial charge in [0.15, 0.2) is 5.82 Å². The lowest BCUT2D eigenvalue weighted by Gasteiger charge is -2.36. The first-order chi connectivity index (χ1) is 12.2. The van der Waals surface area contributed by atoms with Crippen LogP contribution in [0.15, 0.2) is 16.9 Å². The number of rotatable bonds is 8. The van der Waals surface area contributed by atoms with Crippen molar-refractivity contribution in [2.75, 3.05) is 32.8 Å². The lowest BCUT2D eigenvalue weighted by atomic mass is 10.2. The van der Waals surface area contributed by atoms with Crippen LogP contribution in [0.2, 0.25) is 0 Å². The highest BCUT2D eigenvalue weighted by molar-refractivity contribution is 5.04. The van der Waals surface area contributed by atoms with E-state index in [-0.39, 0.29) is 12.6 Å². The standard InChI is InChI=1S/C17H28N6O2/c1-3-4-16-19-17(25-20-16)14(2)22-7-5-21(6-8-22)12-15-11-18-23(13-15)9-10-24/h11,13-14,24H,3-10,12H2,1-2H3/t14-/m1/s1. The Kier molecular flexibility index (Phi) is 6.17. The third kappa shape index (κ3) is 4.65. The van der Waals surface area contributed by atoms with E-state index in [4.69, 9.17) is 9.63 Å². The minimum atomic E-state index is 0.118. The van der Waals surface area contributed by atoms with E-state index >= 15 is 0 Å². The Morgan fingerprint density at radius 2 is 2.08 bits per heavy atom. The molecule has 8 heteroatoms. The van der Waals surface area contributed by atoms with Crippen molar-refractivity contribution >= 4 is 0 Å². The van der Waals surface area contributed by atoms with E-state index < -0.39 is 0 Å². The summed E-state index contributed by atoms with van der Waals surface area (Å²) < 4.78 is 7.22. The lowest BCUT2D eigenvalue weighted by Crippen LogP contribution is -2.46. The Bertz CT molecular complexity index is 647. The molecule has 0 aromatic carbocycles. The van der Waals surface area contributed by atoms with Gasteiger partial charge in [-0.15, -0.1) is 0 Å². The van der Waals surface area contributed by atoms with E-state index in [0.29, 0.717) is 6.54 Å². The smallest absolute Gasteiger partial charge is 0.243 e. The number of piperazine rings is 1. The zero-order valence-corrected chi connectivity index (χ0v) is 15.1. The molecule has 0 saturated carbocycles. The van der Waals surface area contributed by atoms with Crippen molar-refractivity contribution in [3.63, 3.8) is 0 Å². The zero-order valence-electron chi connectivity index (χ0n) is 15.1. The molecule has 1 fully saturated rings. The summed E-state index contributed by atoms with van der Waals surface area (Å²) in [6.45, 7) is 9.80. The highest BCUT2D eigenvalue weighted by atomic mass is 16.5. The van der Waals surface area contributed by atoms with Crippen LogP contribution in [-0.4, -0.2) is 67.6 Å². The molecule has 0 bridgehead atoms. The van der Waals surface area contributed by atoms with Gasteiger partial charge in [0, 0.05) is 50.9 Å². The molecule has 1 aliphatic rings. The van der Waals surface area contributed by atoms with Crippen molar-refractivity contribution in [1.82, 2.24) is 29.7 Å². The molecule has 2 aromatic rings. The van der Waals surface area contributed by atoms with Gasteiger partial charge in [-0.3, -0.25) is 14.5 Å². The summed E-state index contributed by atoms with van der Waals surface area (Å²) in [5.41, 5.74) is 1.19. The van der Waals surface area contributed by atoms with Crippen LogP contribution >= 0.6 is 0 Å². The summed E-state index contributed by atoms with van der Waals surface area (Å²) in [6.07, 6.45) is 5.80. The molecule has 1 atom stereocenters. The lowest BCUT2D eigenvalue weighted by molar-refractivity contribution is 0.0845. The molecule has 0 unspecified atom stereocenters. The van der Waals surface area contributed by atoms with Crippen molar-refractivity contribution in [3.05, 3.63) is 29.7 Å². The summed E-state index contributed by atoms with van der Waals surface area (Å²) in [5, 5.41) is 17.3. The van der Waals surface area contributed by atoms with Crippen LogP contribution < -0.4 is 0 Å². The maximum Gasteiger partial charge on any atom is 0.243 e. The molecule has 0 radical (unpaired) electrons. The van der Waals surface area contributed by atoms with Gasteiger partial charge in [0.05, 0.1) is 25.4 Å². The van der Waals surface area contributed by atoms with Gasteiger partial charge >= 0.3 is 0 Å². The van der Waals surface area contributed by atoms with E-state index in [1.54, 1.807) is 4.68 Å². The van der Waals surface area contributed by atoms with Gasteiger partial charge < -0.3 is 9.63 Å². The highest BCUT2D eigenvalue weighted by Gasteiger charge is 2.25. The fraction of sp³-hybridized carbons (Fsp3) is 0.706. The van der Waals surface area contributed by atoms with E-state index in [1.165, 1.54) is 5.56 Å². The molecule has 2 aromatic heterocycles.